The van der Waals surface area contributed by atoms with Crippen LogP contribution in [-0.4, -0.2) is 27.4 Å². The number of aromatic nitrogens is 1. The standard InChI is InChI=1S/C22H22N4OS2/c1-15-11-14-29-21(15)20-19(17-9-5-6-12-23-17)25-22(28)26(20)13-10-18(27)24-16-7-3-2-4-8-16/h2-9,11-12,14,19-20H,10,13H2,1H3,(H,24,27)(H,25,28)/t19-,20+/m0/s1. The summed E-state index contributed by atoms with van der Waals surface area (Å²) in [5, 5.41) is 9.13. The predicted octanol–water partition coefficient (Wildman–Crippen LogP) is 4.45. The minimum atomic E-state index is -0.0433. The molecule has 1 amide bonds. The number of nitrogens with zero attached hydrogens (tertiary/aromatic N) is 2. The molecule has 0 unspecified atom stereocenters. The van der Waals surface area contributed by atoms with E-state index in [1.165, 1.54) is 10.4 Å². The van der Waals surface area contributed by atoms with Gasteiger partial charge in [-0.15, -0.1) is 11.3 Å². The minimum absolute atomic E-state index is 0.0157. The highest BCUT2D eigenvalue weighted by Crippen LogP contribution is 2.41. The number of amides is 1. The number of benzene rings is 1. The van der Waals surface area contributed by atoms with Crippen LogP contribution in [0.5, 0.6) is 0 Å². The van der Waals surface area contributed by atoms with Crippen LogP contribution in [0.4, 0.5) is 5.69 Å². The average Bonchev–Trinajstić information content (AvgIpc) is 3.30. The summed E-state index contributed by atoms with van der Waals surface area (Å²) in [4.78, 5) is 20.4. The van der Waals surface area contributed by atoms with Crippen molar-refractivity contribution in [2.75, 3.05) is 11.9 Å². The van der Waals surface area contributed by atoms with Gasteiger partial charge in [0.05, 0.1) is 17.8 Å². The Labute approximate surface area is 179 Å². The summed E-state index contributed by atoms with van der Waals surface area (Å²) >= 11 is 7.37. The van der Waals surface area contributed by atoms with E-state index in [1.807, 2.05) is 48.5 Å². The molecule has 2 atom stereocenters. The third kappa shape index (κ3) is 4.31. The van der Waals surface area contributed by atoms with Crippen molar-refractivity contribution in [3.05, 3.63) is 82.3 Å². The Bertz CT molecular complexity index is 990. The number of aryl methyl sites for hydroxylation is 1. The summed E-state index contributed by atoms with van der Waals surface area (Å²) < 4.78 is 0. The van der Waals surface area contributed by atoms with Crippen molar-refractivity contribution in [2.45, 2.75) is 25.4 Å². The third-order valence-electron chi connectivity index (χ3n) is 5.01. The van der Waals surface area contributed by atoms with E-state index in [0.29, 0.717) is 18.1 Å². The highest BCUT2D eigenvalue weighted by atomic mass is 32.1. The third-order valence-corrected chi connectivity index (χ3v) is 6.45. The molecule has 1 saturated heterocycles. The molecule has 1 aliphatic rings. The molecule has 0 radical (unpaired) electrons. The Balaban J connectivity index is 1.53. The highest BCUT2D eigenvalue weighted by molar-refractivity contribution is 7.80. The van der Waals surface area contributed by atoms with E-state index < -0.39 is 0 Å². The lowest BCUT2D eigenvalue weighted by atomic mass is 10.0. The molecule has 1 fully saturated rings. The Morgan fingerprint density at radius 2 is 2.00 bits per heavy atom. The predicted molar refractivity (Wildman–Crippen MR) is 121 cm³/mol. The fourth-order valence-corrected chi connectivity index (χ4v) is 4.99. The number of carbonyl (C=O) groups excluding carboxylic acids is 1. The molecule has 0 spiro atoms. The van der Waals surface area contributed by atoms with Gasteiger partial charge >= 0.3 is 0 Å². The number of thiocarbonyl (C=S) groups is 1. The van der Waals surface area contributed by atoms with Gasteiger partial charge in [-0.05, 0) is 60.4 Å². The lowest BCUT2D eigenvalue weighted by Crippen LogP contribution is -2.32. The summed E-state index contributed by atoms with van der Waals surface area (Å²) in [6.07, 6.45) is 2.15. The number of rotatable bonds is 6. The molecular weight excluding hydrogens is 400 g/mol. The van der Waals surface area contributed by atoms with Gasteiger partial charge in [0.1, 0.15) is 0 Å². The van der Waals surface area contributed by atoms with E-state index in [-0.39, 0.29) is 18.0 Å². The van der Waals surface area contributed by atoms with Crippen LogP contribution in [0.25, 0.3) is 0 Å². The molecule has 3 aromatic rings. The number of hydrogen-bond donors (Lipinski definition) is 2. The zero-order valence-electron chi connectivity index (χ0n) is 16.0. The van der Waals surface area contributed by atoms with Gasteiger partial charge in [-0.25, -0.2) is 0 Å². The van der Waals surface area contributed by atoms with E-state index in [2.05, 4.69) is 38.9 Å². The van der Waals surface area contributed by atoms with Crippen LogP contribution in [0.2, 0.25) is 0 Å². The van der Waals surface area contributed by atoms with Crippen LogP contribution in [0, 0.1) is 6.92 Å². The van der Waals surface area contributed by atoms with Crippen molar-refractivity contribution in [1.29, 1.82) is 0 Å². The number of hydrogen-bond acceptors (Lipinski definition) is 4. The Morgan fingerprint density at radius 3 is 2.69 bits per heavy atom. The highest BCUT2D eigenvalue weighted by Gasteiger charge is 2.40. The second-order valence-corrected chi connectivity index (χ2v) is 8.29. The molecular formula is C22H22N4OS2. The van der Waals surface area contributed by atoms with Gasteiger partial charge in [-0.3, -0.25) is 9.78 Å². The van der Waals surface area contributed by atoms with Crippen LogP contribution >= 0.6 is 23.6 Å². The summed E-state index contributed by atoms with van der Waals surface area (Å²) in [5.41, 5.74) is 2.98. The summed E-state index contributed by atoms with van der Waals surface area (Å²) in [6.45, 7) is 2.65. The first kappa shape index (κ1) is 19.5. The maximum atomic E-state index is 12.5. The first-order valence-electron chi connectivity index (χ1n) is 9.50. The second-order valence-electron chi connectivity index (χ2n) is 6.95. The SMILES string of the molecule is Cc1ccsc1[C@H]1[C@H](c2ccccn2)NC(=S)N1CCC(=O)Nc1ccccc1. The minimum Gasteiger partial charge on any atom is -0.352 e. The zero-order chi connectivity index (χ0) is 20.2. The van der Waals surface area contributed by atoms with Crippen molar-refractivity contribution in [1.82, 2.24) is 15.2 Å². The molecule has 1 aromatic carbocycles. The van der Waals surface area contributed by atoms with Gasteiger partial charge in [-0.1, -0.05) is 24.3 Å². The zero-order valence-corrected chi connectivity index (χ0v) is 17.7. The smallest absolute Gasteiger partial charge is 0.226 e. The lowest BCUT2D eigenvalue weighted by molar-refractivity contribution is -0.116. The topological polar surface area (TPSA) is 57.3 Å². The number of carbonyl (C=O) groups is 1. The first-order valence-corrected chi connectivity index (χ1v) is 10.8. The van der Waals surface area contributed by atoms with Gasteiger partial charge in [0, 0.05) is 29.7 Å². The van der Waals surface area contributed by atoms with Crippen molar-refractivity contribution in [3.63, 3.8) is 0 Å². The second kappa shape index (κ2) is 8.71. The van der Waals surface area contributed by atoms with Crippen LogP contribution in [0.15, 0.2) is 66.2 Å². The summed E-state index contributed by atoms with van der Waals surface area (Å²) in [5.74, 6) is -0.0260. The Kier molecular flexibility index (Phi) is 5.87. The summed E-state index contributed by atoms with van der Waals surface area (Å²) in [7, 11) is 0. The molecule has 0 aliphatic carbocycles. The molecule has 2 N–H and O–H groups in total. The fourth-order valence-electron chi connectivity index (χ4n) is 3.58. The normalized spacial score (nSPS) is 18.5. The molecule has 5 nitrogen and oxygen atoms in total. The lowest BCUT2D eigenvalue weighted by Gasteiger charge is -2.27. The molecule has 7 heteroatoms. The van der Waals surface area contributed by atoms with Crippen molar-refractivity contribution in [2.24, 2.45) is 0 Å². The molecule has 0 bridgehead atoms. The summed E-state index contributed by atoms with van der Waals surface area (Å²) in [6, 6.07) is 17.5. The van der Waals surface area contributed by atoms with Crippen LogP contribution < -0.4 is 10.6 Å². The van der Waals surface area contributed by atoms with Gasteiger partial charge in [0.15, 0.2) is 5.11 Å². The average molecular weight is 423 g/mol. The number of para-hydroxylation sites is 1. The number of thiophene rings is 1. The van der Waals surface area contributed by atoms with Gasteiger partial charge in [0.2, 0.25) is 5.91 Å². The maximum Gasteiger partial charge on any atom is 0.226 e. The van der Waals surface area contributed by atoms with Crippen molar-refractivity contribution >= 4 is 40.3 Å². The number of nitrogens with one attached hydrogen (secondary N) is 2. The van der Waals surface area contributed by atoms with Crippen molar-refractivity contribution < 1.29 is 4.79 Å². The maximum absolute atomic E-state index is 12.5. The Morgan fingerprint density at radius 1 is 1.21 bits per heavy atom. The molecule has 2 aromatic heterocycles. The van der Waals surface area contributed by atoms with E-state index in [4.69, 9.17) is 12.2 Å². The van der Waals surface area contributed by atoms with E-state index in [9.17, 15) is 4.79 Å². The first-order chi connectivity index (χ1) is 14.1. The van der Waals surface area contributed by atoms with Crippen molar-refractivity contribution in [3.8, 4) is 0 Å². The van der Waals surface area contributed by atoms with E-state index >= 15 is 0 Å². The largest absolute Gasteiger partial charge is 0.352 e. The van der Waals surface area contributed by atoms with E-state index in [0.717, 1.165) is 11.4 Å². The quantitative estimate of drug-likeness (QED) is 0.575. The molecule has 4 rings (SSSR count). The van der Waals surface area contributed by atoms with Gasteiger partial charge < -0.3 is 15.5 Å². The molecule has 0 saturated carbocycles. The van der Waals surface area contributed by atoms with Gasteiger partial charge in [0.25, 0.3) is 0 Å². The van der Waals surface area contributed by atoms with Gasteiger partial charge in [-0.2, -0.15) is 0 Å². The molecule has 3 heterocycles. The number of anilines is 1. The Hall–Kier alpha value is -2.77. The van der Waals surface area contributed by atoms with Crippen LogP contribution in [-0.2, 0) is 4.79 Å². The van der Waals surface area contributed by atoms with Crippen LogP contribution in [0.3, 0.4) is 0 Å². The number of pyridine rings is 1. The molecule has 29 heavy (non-hydrogen) atoms. The molecule has 148 valence electrons. The molecule has 1 aliphatic heterocycles. The van der Waals surface area contributed by atoms with E-state index in [1.54, 1.807) is 17.5 Å². The van der Waals surface area contributed by atoms with Crippen LogP contribution in [0.1, 0.15) is 34.6 Å². The fraction of sp³-hybridized carbons (Fsp3) is 0.227. The monoisotopic (exact) mass is 422 g/mol.